The minimum absolute atomic E-state index is 0.126. The Morgan fingerprint density at radius 2 is 1.68 bits per heavy atom. The fourth-order valence-corrected chi connectivity index (χ4v) is 4.25. The van der Waals surface area contributed by atoms with E-state index in [0.717, 1.165) is 22.3 Å². The van der Waals surface area contributed by atoms with Crippen molar-refractivity contribution in [2.24, 2.45) is 0 Å². The molecule has 3 aromatic carbocycles. The maximum Gasteiger partial charge on any atom is 0.276 e. The highest BCUT2D eigenvalue weighted by Gasteiger charge is 2.36. The van der Waals surface area contributed by atoms with E-state index in [2.05, 4.69) is 24.7 Å². The van der Waals surface area contributed by atoms with Gasteiger partial charge in [-0.3, -0.25) is 15.6 Å². The Morgan fingerprint density at radius 1 is 1.00 bits per heavy atom. The molecular formula is C29H30N2O3. The predicted molar refractivity (Wildman–Crippen MR) is 135 cm³/mol. The molecule has 1 amide bonds. The summed E-state index contributed by atoms with van der Waals surface area (Å²) < 4.78 is 5.66. The highest BCUT2D eigenvalue weighted by molar-refractivity contribution is 5.82. The third-order valence-corrected chi connectivity index (χ3v) is 5.95. The van der Waals surface area contributed by atoms with E-state index in [1.54, 1.807) is 6.08 Å². The van der Waals surface area contributed by atoms with Gasteiger partial charge in [-0.25, -0.2) is 0 Å². The van der Waals surface area contributed by atoms with Gasteiger partial charge in [-0.2, -0.15) is 0 Å². The zero-order valence-corrected chi connectivity index (χ0v) is 19.7. The van der Waals surface area contributed by atoms with Crippen molar-refractivity contribution in [2.45, 2.75) is 32.3 Å². The molecule has 0 spiro atoms. The van der Waals surface area contributed by atoms with Gasteiger partial charge in [-0.1, -0.05) is 80.6 Å². The lowest BCUT2D eigenvalue weighted by molar-refractivity contribution is -0.123. The second kappa shape index (κ2) is 9.98. The first-order valence-corrected chi connectivity index (χ1v) is 11.4. The molecule has 0 saturated carbocycles. The Balaban J connectivity index is 1.44. The number of hydrazine groups is 1. The van der Waals surface area contributed by atoms with Crippen molar-refractivity contribution in [3.63, 3.8) is 0 Å². The summed E-state index contributed by atoms with van der Waals surface area (Å²) in [5.41, 5.74) is 9.64. The van der Waals surface area contributed by atoms with Crippen molar-refractivity contribution in [3.8, 4) is 5.75 Å². The molecule has 1 atom stereocenters. The van der Waals surface area contributed by atoms with Gasteiger partial charge in [0.2, 0.25) is 0 Å². The van der Waals surface area contributed by atoms with Crippen LogP contribution in [0, 0.1) is 6.92 Å². The Hall–Kier alpha value is -3.83. The smallest absolute Gasteiger partial charge is 0.276 e. The van der Waals surface area contributed by atoms with Crippen LogP contribution in [0.1, 0.15) is 42.0 Å². The molecule has 0 saturated heterocycles. The molecule has 3 aromatic rings. The van der Waals surface area contributed by atoms with Crippen LogP contribution in [0.4, 0.5) is 0 Å². The zero-order chi connectivity index (χ0) is 24.1. The molecule has 5 heteroatoms. The standard InChI is InChI=1S/C29H30N2O3/c1-20(2)26-15-14-25(16-21(26)3)34-19-28(32)31-30-24-17-27(22-10-6-4-7-11-22)29(33,18-24)23-12-8-5-9-13-23/h4-18,20,30,33H,19H2,1-3H3,(H,31,32)/t29-/m1/s1. The number of nitrogens with one attached hydrogen (secondary N) is 2. The van der Waals surface area contributed by atoms with Crippen LogP contribution in [0.5, 0.6) is 5.75 Å². The first-order chi connectivity index (χ1) is 16.4. The molecule has 1 aliphatic rings. The van der Waals surface area contributed by atoms with E-state index >= 15 is 0 Å². The van der Waals surface area contributed by atoms with E-state index in [0.29, 0.717) is 17.4 Å². The van der Waals surface area contributed by atoms with Crippen molar-refractivity contribution in [1.82, 2.24) is 10.9 Å². The van der Waals surface area contributed by atoms with E-state index in [9.17, 15) is 9.90 Å². The van der Waals surface area contributed by atoms with E-state index in [4.69, 9.17) is 4.74 Å². The molecule has 3 N–H and O–H groups in total. The first-order valence-electron chi connectivity index (χ1n) is 11.4. The summed E-state index contributed by atoms with van der Waals surface area (Å²) in [4.78, 5) is 12.4. The average Bonchev–Trinajstić information content (AvgIpc) is 3.20. The minimum Gasteiger partial charge on any atom is -0.484 e. The molecule has 34 heavy (non-hydrogen) atoms. The molecule has 0 aromatic heterocycles. The molecule has 0 fully saturated rings. The topological polar surface area (TPSA) is 70.6 Å². The number of carbonyl (C=O) groups is 1. The highest BCUT2D eigenvalue weighted by atomic mass is 16.5. The van der Waals surface area contributed by atoms with Gasteiger partial charge in [0.05, 0.1) is 5.70 Å². The largest absolute Gasteiger partial charge is 0.484 e. The lowest BCUT2D eigenvalue weighted by Crippen LogP contribution is -2.39. The van der Waals surface area contributed by atoms with Crippen molar-refractivity contribution in [3.05, 3.63) is 119 Å². The van der Waals surface area contributed by atoms with E-state index < -0.39 is 5.60 Å². The van der Waals surface area contributed by atoms with Gasteiger partial charge in [0.25, 0.3) is 5.91 Å². The van der Waals surface area contributed by atoms with Gasteiger partial charge < -0.3 is 9.84 Å². The molecule has 4 rings (SSSR count). The molecule has 174 valence electrons. The summed E-state index contributed by atoms with van der Waals surface area (Å²) in [6.45, 7) is 6.21. The average molecular weight is 455 g/mol. The lowest BCUT2D eigenvalue weighted by atomic mass is 9.85. The summed E-state index contributed by atoms with van der Waals surface area (Å²) in [6, 6.07) is 25.0. The fourth-order valence-electron chi connectivity index (χ4n) is 4.25. The Morgan fingerprint density at radius 3 is 2.32 bits per heavy atom. The third-order valence-electron chi connectivity index (χ3n) is 5.95. The molecule has 0 unspecified atom stereocenters. The number of benzene rings is 3. The van der Waals surface area contributed by atoms with Gasteiger partial charge in [0, 0.05) is 5.57 Å². The number of amides is 1. The number of hydrogen-bond donors (Lipinski definition) is 3. The predicted octanol–water partition coefficient (Wildman–Crippen LogP) is 4.99. The monoisotopic (exact) mass is 454 g/mol. The number of carbonyl (C=O) groups excluding carboxylic acids is 1. The minimum atomic E-state index is -1.32. The molecule has 5 nitrogen and oxygen atoms in total. The number of aryl methyl sites for hydroxylation is 1. The summed E-state index contributed by atoms with van der Waals surface area (Å²) in [5.74, 6) is 0.766. The lowest BCUT2D eigenvalue weighted by Gasteiger charge is -2.25. The van der Waals surface area contributed by atoms with Crippen LogP contribution in [-0.2, 0) is 10.4 Å². The maximum absolute atomic E-state index is 12.4. The van der Waals surface area contributed by atoms with Gasteiger partial charge in [0.1, 0.15) is 11.4 Å². The van der Waals surface area contributed by atoms with Crippen molar-refractivity contribution in [2.75, 3.05) is 6.61 Å². The van der Waals surface area contributed by atoms with Crippen LogP contribution in [-0.4, -0.2) is 17.6 Å². The van der Waals surface area contributed by atoms with Gasteiger partial charge in [0.15, 0.2) is 6.61 Å². The van der Waals surface area contributed by atoms with E-state index in [-0.39, 0.29) is 12.5 Å². The summed E-state index contributed by atoms with van der Waals surface area (Å²) in [5, 5.41) is 11.6. The number of aliphatic hydroxyl groups is 1. The normalized spacial score (nSPS) is 17.2. The quantitative estimate of drug-likeness (QED) is 0.420. The van der Waals surface area contributed by atoms with Crippen molar-refractivity contribution < 1.29 is 14.6 Å². The Labute approximate surface area is 200 Å². The van der Waals surface area contributed by atoms with Gasteiger partial charge >= 0.3 is 0 Å². The summed E-state index contributed by atoms with van der Waals surface area (Å²) in [7, 11) is 0. The Kier molecular flexibility index (Phi) is 6.85. The number of rotatable bonds is 8. The van der Waals surface area contributed by atoms with Crippen LogP contribution in [0.15, 0.2) is 96.7 Å². The van der Waals surface area contributed by atoms with Crippen molar-refractivity contribution >= 4 is 11.5 Å². The van der Waals surface area contributed by atoms with Crippen molar-refractivity contribution in [1.29, 1.82) is 0 Å². The number of allylic oxidation sites excluding steroid dienone is 1. The summed E-state index contributed by atoms with van der Waals surface area (Å²) >= 11 is 0. The molecular weight excluding hydrogens is 424 g/mol. The van der Waals surface area contributed by atoms with Crippen LogP contribution in [0.2, 0.25) is 0 Å². The van der Waals surface area contributed by atoms with E-state index in [1.165, 1.54) is 5.56 Å². The highest BCUT2D eigenvalue weighted by Crippen LogP contribution is 2.42. The number of ether oxygens (including phenoxy) is 1. The third kappa shape index (κ3) is 5.05. The van der Waals surface area contributed by atoms with Crippen LogP contribution in [0.25, 0.3) is 5.57 Å². The Bertz CT molecular complexity index is 1220. The fraction of sp³-hybridized carbons (Fsp3) is 0.207. The van der Waals surface area contributed by atoms with Crippen LogP contribution in [0.3, 0.4) is 0 Å². The zero-order valence-electron chi connectivity index (χ0n) is 19.7. The first kappa shape index (κ1) is 23.3. The van der Waals surface area contributed by atoms with Gasteiger partial charge in [-0.05, 0) is 59.4 Å². The molecule has 0 bridgehead atoms. The molecule has 0 aliphatic heterocycles. The SMILES string of the molecule is Cc1cc(OCC(=O)NNC2=C[C@@](O)(c3ccccc3)C(c3ccccc3)=C2)ccc1C(C)C. The molecule has 0 radical (unpaired) electrons. The van der Waals surface area contributed by atoms with Gasteiger partial charge in [-0.15, -0.1) is 0 Å². The second-order valence-electron chi connectivity index (χ2n) is 8.79. The van der Waals surface area contributed by atoms with Crippen LogP contribution < -0.4 is 15.6 Å². The molecule has 1 aliphatic carbocycles. The molecule has 0 heterocycles. The maximum atomic E-state index is 12.4. The summed E-state index contributed by atoms with van der Waals surface area (Å²) in [6.07, 6.45) is 3.55. The second-order valence-corrected chi connectivity index (χ2v) is 8.79. The van der Waals surface area contributed by atoms with Crippen LogP contribution >= 0.6 is 0 Å². The van der Waals surface area contributed by atoms with E-state index in [1.807, 2.05) is 91.9 Å². The number of hydrogen-bond acceptors (Lipinski definition) is 4.